The van der Waals surface area contributed by atoms with Gasteiger partial charge >= 0.3 is 0 Å². The minimum absolute atomic E-state index is 0.221. The number of aromatic hydroxyl groups is 2. The second-order valence-corrected chi connectivity index (χ2v) is 7.22. The first-order valence-corrected chi connectivity index (χ1v) is 9.77. The summed E-state index contributed by atoms with van der Waals surface area (Å²) in [6.45, 7) is 0. The fraction of sp³-hybridized carbons (Fsp3) is 0. The van der Waals surface area contributed by atoms with Crippen LogP contribution < -0.4 is 0 Å². The molecule has 144 valence electrons. The number of benzene rings is 4. The highest BCUT2D eigenvalue weighted by Gasteiger charge is 2.16. The largest absolute Gasteiger partial charge is 0.508 e. The third-order valence-electron chi connectivity index (χ3n) is 5.27. The van der Waals surface area contributed by atoms with Crippen LogP contribution in [0, 0.1) is 0 Å². The first-order chi connectivity index (χ1) is 14.7. The maximum Gasteiger partial charge on any atom is 0.116 e. The van der Waals surface area contributed by atoms with E-state index in [1.807, 2.05) is 60.8 Å². The van der Waals surface area contributed by atoms with E-state index in [0.717, 1.165) is 44.3 Å². The molecule has 0 atom stereocenters. The Morgan fingerprint density at radius 1 is 0.533 bits per heavy atom. The van der Waals surface area contributed by atoms with Crippen molar-refractivity contribution in [3.63, 3.8) is 0 Å². The lowest BCUT2D eigenvalue weighted by molar-refractivity contribution is 0.475. The van der Waals surface area contributed by atoms with E-state index in [1.54, 1.807) is 24.3 Å². The van der Waals surface area contributed by atoms with Crippen LogP contribution in [0.5, 0.6) is 11.5 Å². The average Bonchev–Trinajstić information content (AvgIpc) is 2.78. The van der Waals surface area contributed by atoms with Gasteiger partial charge < -0.3 is 10.2 Å². The second-order valence-electron chi connectivity index (χ2n) is 7.22. The number of pyridine rings is 1. The molecule has 0 unspecified atom stereocenters. The summed E-state index contributed by atoms with van der Waals surface area (Å²) in [6.07, 6.45) is 1.89. The van der Waals surface area contributed by atoms with Crippen LogP contribution in [0.1, 0.15) is 0 Å². The van der Waals surface area contributed by atoms with Crippen molar-refractivity contribution < 1.29 is 10.2 Å². The third kappa shape index (κ3) is 3.16. The van der Waals surface area contributed by atoms with Gasteiger partial charge in [-0.15, -0.1) is 0 Å². The Hall–Kier alpha value is -4.11. The predicted molar refractivity (Wildman–Crippen MR) is 121 cm³/mol. The van der Waals surface area contributed by atoms with E-state index in [4.69, 9.17) is 4.98 Å². The molecule has 3 nitrogen and oxygen atoms in total. The van der Waals surface area contributed by atoms with Crippen LogP contribution in [-0.2, 0) is 0 Å². The van der Waals surface area contributed by atoms with Gasteiger partial charge in [0.2, 0.25) is 0 Å². The lowest BCUT2D eigenvalue weighted by atomic mass is 9.90. The number of phenols is 2. The second kappa shape index (κ2) is 7.37. The van der Waals surface area contributed by atoms with Gasteiger partial charge in [-0.2, -0.15) is 0 Å². The summed E-state index contributed by atoms with van der Waals surface area (Å²) in [5, 5.41) is 21.1. The Kier molecular flexibility index (Phi) is 4.41. The van der Waals surface area contributed by atoms with Gasteiger partial charge in [-0.05, 0) is 41.0 Å². The number of hydrogen-bond donors (Lipinski definition) is 2. The van der Waals surface area contributed by atoms with Crippen molar-refractivity contribution in [2.24, 2.45) is 0 Å². The van der Waals surface area contributed by atoms with E-state index < -0.39 is 0 Å². The molecule has 0 fully saturated rings. The monoisotopic (exact) mass is 389 g/mol. The number of para-hydroxylation sites is 1. The van der Waals surface area contributed by atoms with E-state index in [-0.39, 0.29) is 11.5 Å². The lowest BCUT2D eigenvalue weighted by Crippen LogP contribution is -1.93. The van der Waals surface area contributed by atoms with Crippen LogP contribution in [-0.4, -0.2) is 15.2 Å². The normalized spacial score (nSPS) is 10.9. The summed E-state index contributed by atoms with van der Waals surface area (Å²) in [7, 11) is 0. The molecule has 0 aliphatic rings. The summed E-state index contributed by atoms with van der Waals surface area (Å²) < 4.78 is 0. The van der Waals surface area contributed by atoms with Gasteiger partial charge in [0.25, 0.3) is 0 Å². The van der Waals surface area contributed by atoms with E-state index in [2.05, 4.69) is 18.2 Å². The molecule has 0 saturated heterocycles. The zero-order chi connectivity index (χ0) is 20.5. The topological polar surface area (TPSA) is 53.4 Å². The highest BCUT2D eigenvalue weighted by molar-refractivity contribution is 6.07. The highest BCUT2D eigenvalue weighted by Crippen LogP contribution is 2.40. The highest BCUT2D eigenvalue weighted by atomic mass is 16.3. The number of rotatable bonds is 3. The Balaban J connectivity index is 1.86. The van der Waals surface area contributed by atoms with Crippen LogP contribution in [0.25, 0.3) is 44.3 Å². The zero-order valence-electron chi connectivity index (χ0n) is 16.2. The molecule has 0 bridgehead atoms. The van der Waals surface area contributed by atoms with Gasteiger partial charge in [0.1, 0.15) is 11.5 Å². The molecule has 0 aliphatic carbocycles. The molecular weight excluding hydrogens is 370 g/mol. The number of nitrogens with zero attached hydrogens (tertiary/aromatic N) is 1. The maximum atomic E-state index is 10.1. The predicted octanol–water partition coefficient (Wildman–Crippen LogP) is 6.65. The molecule has 0 saturated carbocycles. The van der Waals surface area contributed by atoms with E-state index in [9.17, 15) is 10.2 Å². The summed E-state index contributed by atoms with van der Waals surface area (Å²) in [5.74, 6) is 0.444. The number of fused-ring (bicyclic) bond motifs is 1. The lowest BCUT2D eigenvalue weighted by Gasteiger charge is -2.16. The van der Waals surface area contributed by atoms with Crippen molar-refractivity contribution in [1.82, 2.24) is 4.98 Å². The van der Waals surface area contributed by atoms with Gasteiger partial charge in [-0.1, -0.05) is 72.8 Å². The standard InChI is InChI=1S/C27H19NO2/c29-21-11-4-9-19(15-21)23-13-6-14-24-26(20-10-5-12-22(30)16-20)25(17-28-27(23)24)18-7-2-1-3-8-18/h1-17,29-30H. The first kappa shape index (κ1) is 18.0. The van der Waals surface area contributed by atoms with Gasteiger partial charge in [0, 0.05) is 28.3 Å². The smallest absolute Gasteiger partial charge is 0.116 e. The fourth-order valence-corrected chi connectivity index (χ4v) is 3.94. The number of hydrogen-bond acceptors (Lipinski definition) is 3. The molecule has 0 aliphatic heterocycles. The van der Waals surface area contributed by atoms with Crippen molar-refractivity contribution in [3.8, 4) is 44.9 Å². The summed E-state index contributed by atoms with van der Waals surface area (Å²) in [6, 6.07) is 30.7. The van der Waals surface area contributed by atoms with Crippen LogP contribution >= 0.6 is 0 Å². The molecular formula is C27H19NO2. The van der Waals surface area contributed by atoms with Crippen LogP contribution in [0.2, 0.25) is 0 Å². The van der Waals surface area contributed by atoms with Crippen LogP contribution in [0.4, 0.5) is 0 Å². The molecule has 1 heterocycles. The molecule has 0 radical (unpaired) electrons. The molecule has 4 aromatic carbocycles. The van der Waals surface area contributed by atoms with Crippen LogP contribution in [0.3, 0.4) is 0 Å². The SMILES string of the molecule is Oc1cccc(-c2c(-c3ccccc3)cnc3c(-c4cccc(O)c4)cccc23)c1. The molecule has 0 spiro atoms. The molecule has 0 amide bonds. The first-order valence-electron chi connectivity index (χ1n) is 9.77. The number of aromatic nitrogens is 1. The number of phenolic OH excluding ortho intramolecular Hbond substituents is 2. The third-order valence-corrected chi connectivity index (χ3v) is 5.27. The Bertz CT molecular complexity index is 1360. The molecule has 30 heavy (non-hydrogen) atoms. The maximum absolute atomic E-state index is 10.1. The Morgan fingerprint density at radius 3 is 1.90 bits per heavy atom. The van der Waals surface area contributed by atoms with Crippen molar-refractivity contribution in [1.29, 1.82) is 0 Å². The summed E-state index contributed by atoms with van der Waals surface area (Å²) in [5.41, 5.74) is 6.71. The van der Waals surface area contributed by atoms with Gasteiger partial charge in [-0.25, -0.2) is 0 Å². The molecule has 2 N–H and O–H groups in total. The summed E-state index contributed by atoms with van der Waals surface area (Å²) in [4.78, 5) is 4.83. The van der Waals surface area contributed by atoms with E-state index in [1.165, 1.54) is 0 Å². The van der Waals surface area contributed by atoms with Gasteiger partial charge in [0.05, 0.1) is 5.52 Å². The molecule has 5 rings (SSSR count). The van der Waals surface area contributed by atoms with Crippen molar-refractivity contribution in [2.75, 3.05) is 0 Å². The van der Waals surface area contributed by atoms with Crippen molar-refractivity contribution in [3.05, 3.63) is 103 Å². The van der Waals surface area contributed by atoms with E-state index in [0.29, 0.717) is 0 Å². The molecule has 5 aromatic rings. The molecule has 3 heteroatoms. The zero-order valence-corrected chi connectivity index (χ0v) is 16.2. The minimum Gasteiger partial charge on any atom is -0.508 e. The fourth-order valence-electron chi connectivity index (χ4n) is 3.94. The van der Waals surface area contributed by atoms with Crippen LogP contribution in [0.15, 0.2) is 103 Å². The quantitative estimate of drug-likeness (QED) is 0.363. The van der Waals surface area contributed by atoms with Gasteiger partial charge in [0.15, 0.2) is 0 Å². The summed E-state index contributed by atoms with van der Waals surface area (Å²) >= 11 is 0. The van der Waals surface area contributed by atoms with E-state index >= 15 is 0 Å². The molecule has 1 aromatic heterocycles. The Morgan fingerprint density at radius 2 is 1.17 bits per heavy atom. The van der Waals surface area contributed by atoms with Crippen molar-refractivity contribution >= 4 is 10.9 Å². The Labute approximate surface area is 174 Å². The van der Waals surface area contributed by atoms with Crippen molar-refractivity contribution in [2.45, 2.75) is 0 Å². The average molecular weight is 389 g/mol. The minimum atomic E-state index is 0.221. The van der Waals surface area contributed by atoms with Gasteiger partial charge in [-0.3, -0.25) is 4.98 Å².